The van der Waals surface area contributed by atoms with Gasteiger partial charge in [-0.25, -0.2) is 0 Å². The average molecular weight is 223 g/mol. The molecule has 1 amide bonds. The molecule has 0 aliphatic carbocycles. The Labute approximate surface area is 94.6 Å². The van der Waals surface area contributed by atoms with Crippen LogP contribution >= 0.6 is 0 Å². The van der Waals surface area contributed by atoms with Crippen molar-refractivity contribution in [3.8, 4) is 0 Å². The van der Waals surface area contributed by atoms with Crippen molar-refractivity contribution in [2.75, 3.05) is 13.1 Å². The third-order valence-electron chi connectivity index (χ3n) is 2.98. The van der Waals surface area contributed by atoms with Crippen molar-refractivity contribution >= 4 is 5.91 Å². The summed E-state index contributed by atoms with van der Waals surface area (Å²) >= 11 is 0. The van der Waals surface area contributed by atoms with Gasteiger partial charge < -0.3 is 15.2 Å². The summed E-state index contributed by atoms with van der Waals surface area (Å²) in [7, 11) is 0. The van der Waals surface area contributed by atoms with Gasteiger partial charge in [0.15, 0.2) is 0 Å². The highest BCUT2D eigenvalue weighted by molar-refractivity contribution is 5.96. The number of aromatic nitrogens is 1. The van der Waals surface area contributed by atoms with Crippen LogP contribution in [0, 0.1) is 6.92 Å². The van der Waals surface area contributed by atoms with E-state index in [9.17, 15) is 4.79 Å². The second-order valence-corrected chi connectivity index (χ2v) is 4.22. The number of carbonyl (C=O) groups is 1. The highest BCUT2D eigenvalue weighted by Crippen LogP contribution is 2.19. The van der Waals surface area contributed by atoms with Gasteiger partial charge >= 0.3 is 0 Å². The van der Waals surface area contributed by atoms with E-state index >= 15 is 0 Å². The molecule has 0 spiro atoms. The number of aryl methyl sites for hydroxylation is 2. The lowest BCUT2D eigenvalue weighted by atomic mass is 10.1. The molecule has 88 valence electrons. The van der Waals surface area contributed by atoms with Crippen LogP contribution in [0.5, 0.6) is 0 Å². The fourth-order valence-corrected chi connectivity index (χ4v) is 2.06. The van der Waals surface area contributed by atoms with Crippen LogP contribution in [-0.2, 0) is 6.42 Å². The fraction of sp³-hybridized carbons (Fsp3) is 0.636. The highest BCUT2D eigenvalue weighted by Gasteiger charge is 2.29. The van der Waals surface area contributed by atoms with E-state index in [1.165, 1.54) is 0 Å². The molecule has 0 radical (unpaired) electrons. The first-order valence-corrected chi connectivity index (χ1v) is 5.63. The van der Waals surface area contributed by atoms with Gasteiger partial charge in [-0.3, -0.25) is 4.79 Å². The van der Waals surface area contributed by atoms with E-state index in [1.807, 2.05) is 6.92 Å². The molecule has 1 aromatic heterocycles. The molecule has 0 aromatic carbocycles. The molecule has 2 N–H and O–H groups in total. The molecule has 1 fully saturated rings. The summed E-state index contributed by atoms with van der Waals surface area (Å²) < 4.78 is 5.12. The van der Waals surface area contributed by atoms with Crippen LogP contribution in [0.15, 0.2) is 4.52 Å². The Bertz CT molecular complexity index is 400. The average Bonchev–Trinajstić information content (AvgIpc) is 2.83. The van der Waals surface area contributed by atoms with Crippen LogP contribution in [0.3, 0.4) is 0 Å². The Morgan fingerprint density at radius 3 is 3.00 bits per heavy atom. The summed E-state index contributed by atoms with van der Waals surface area (Å²) in [6.07, 6.45) is 1.55. The standard InChI is InChI=1S/C11H17N3O2/c1-3-9-10(7(2)13-16-9)11(15)14-5-4-8(12)6-14/h8H,3-6,12H2,1-2H3. The zero-order valence-corrected chi connectivity index (χ0v) is 9.69. The van der Waals surface area contributed by atoms with Crippen LogP contribution in [0.25, 0.3) is 0 Å². The van der Waals surface area contributed by atoms with E-state index in [0.717, 1.165) is 13.0 Å². The van der Waals surface area contributed by atoms with E-state index in [1.54, 1.807) is 11.8 Å². The molecule has 1 unspecified atom stereocenters. The zero-order valence-electron chi connectivity index (χ0n) is 9.69. The smallest absolute Gasteiger partial charge is 0.259 e. The molecule has 5 heteroatoms. The topological polar surface area (TPSA) is 72.4 Å². The first kappa shape index (κ1) is 11.1. The Kier molecular flexibility index (Phi) is 2.96. The number of carbonyl (C=O) groups excluding carboxylic acids is 1. The van der Waals surface area contributed by atoms with Gasteiger partial charge in [-0.1, -0.05) is 12.1 Å². The number of amides is 1. The van der Waals surface area contributed by atoms with Gasteiger partial charge in [-0.15, -0.1) is 0 Å². The molecule has 1 atom stereocenters. The molecule has 1 saturated heterocycles. The van der Waals surface area contributed by atoms with Crippen LogP contribution in [0.4, 0.5) is 0 Å². The molecule has 16 heavy (non-hydrogen) atoms. The predicted octanol–water partition coefficient (Wildman–Crippen LogP) is 0.719. The maximum Gasteiger partial charge on any atom is 0.259 e. The fourth-order valence-electron chi connectivity index (χ4n) is 2.06. The maximum absolute atomic E-state index is 12.2. The number of nitrogens with zero attached hydrogens (tertiary/aromatic N) is 2. The van der Waals surface area contributed by atoms with Crippen molar-refractivity contribution < 1.29 is 9.32 Å². The molecular weight excluding hydrogens is 206 g/mol. The quantitative estimate of drug-likeness (QED) is 0.801. The van der Waals surface area contributed by atoms with Crippen LogP contribution in [0.1, 0.15) is 35.2 Å². The summed E-state index contributed by atoms with van der Waals surface area (Å²) in [5.74, 6) is 0.673. The summed E-state index contributed by atoms with van der Waals surface area (Å²) in [6, 6.07) is 0.106. The molecule has 2 heterocycles. The number of nitrogens with two attached hydrogens (primary N) is 1. The molecule has 1 aromatic rings. The van der Waals surface area contributed by atoms with Gasteiger partial charge in [0.05, 0.1) is 5.69 Å². The molecule has 1 aliphatic heterocycles. The molecule has 2 rings (SSSR count). The Morgan fingerprint density at radius 2 is 2.44 bits per heavy atom. The van der Waals surface area contributed by atoms with Crippen LogP contribution in [-0.4, -0.2) is 35.1 Å². The van der Waals surface area contributed by atoms with E-state index in [0.29, 0.717) is 30.0 Å². The summed E-state index contributed by atoms with van der Waals surface area (Å²) in [6.45, 7) is 5.11. The predicted molar refractivity (Wildman–Crippen MR) is 59.1 cm³/mol. The maximum atomic E-state index is 12.2. The second-order valence-electron chi connectivity index (χ2n) is 4.22. The number of rotatable bonds is 2. The summed E-state index contributed by atoms with van der Waals surface area (Å²) in [5.41, 5.74) is 7.08. The van der Waals surface area contributed by atoms with Crippen molar-refractivity contribution in [2.24, 2.45) is 5.73 Å². The first-order chi connectivity index (χ1) is 7.63. The monoisotopic (exact) mass is 223 g/mol. The van der Waals surface area contributed by atoms with Crippen LogP contribution < -0.4 is 5.73 Å². The molecular formula is C11H17N3O2. The number of hydrogen-bond donors (Lipinski definition) is 1. The first-order valence-electron chi connectivity index (χ1n) is 5.63. The molecule has 0 bridgehead atoms. The van der Waals surface area contributed by atoms with Crippen molar-refractivity contribution in [1.82, 2.24) is 10.1 Å². The van der Waals surface area contributed by atoms with E-state index in [2.05, 4.69) is 5.16 Å². The van der Waals surface area contributed by atoms with E-state index in [-0.39, 0.29) is 11.9 Å². The largest absolute Gasteiger partial charge is 0.360 e. The summed E-state index contributed by atoms with van der Waals surface area (Å²) in [5, 5.41) is 3.85. The Balaban J connectivity index is 2.23. The Hall–Kier alpha value is -1.36. The van der Waals surface area contributed by atoms with E-state index < -0.39 is 0 Å². The molecule has 1 aliphatic rings. The SMILES string of the molecule is CCc1onc(C)c1C(=O)N1CCC(N)C1. The Morgan fingerprint density at radius 1 is 1.69 bits per heavy atom. The highest BCUT2D eigenvalue weighted by atomic mass is 16.5. The zero-order chi connectivity index (χ0) is 11.7. The minimum absolute atomic E-state index is 0.00329. The number of likely N-dealkylation sites (tertiary alicyclic amines) is 1. The molecule has 0 saturated carbocycles. The lowest BCUT2D eigenvalue weighted by molar-refractivity contribution is 0.0788. The minimum Gasteiger partial charge on any atom is -0.360 e. The third-order valence-corrected chi connectivity index (χ3v) is 2.98. The normalized spacial score (nSPS) is 20.4. The second kappa shape index (κ2) is 4.25. The number of hydrogen-bond acceptors (Lipinski definition) is 4. The third kappa shape index (κ3) is 1.82. The van der Waals surface area contributed by atoms with Crippen molar-refractivity contribution in [3.05, 3.63) is 17.0 Å². The lowest BCUT2D eigenvalue weighted by Gasteiger charge is -2.15. The molecule has 5 nitrogen and oxygen atoms in total. The summed E-state index contributed by atoms with van der Waals surface area (Å²) in [4.78, 5) is 14.0. The van der Waals surface area contributed by atoms with Crippen molar-refractivity contribution in [3.63, 3.8) is 0 Å². The van der Waals surface area contributed by atoms with Gasteiger partial charge in [0.1, 0.15) is 11.3 Å². The van der Waals surface area contributed by atoms with Gasteiger partial charge in [-0.05, 0) is 13.3 Å². The van der Waals surface area contributed by atoms with Gasteiger partial charge in [0.25, 0.3) is 5.91 Å². The van der Waals surface area contributed by atoms with Crippen LogP contribution in [0.2, 0.25) is 0 Å². The van der Waals surface area contributed by atoms with E-state index in [4.69, 9.17) is 10.3 Å². The van der Waals surface area contributed by atoms with Gasteiger partial charge in [0.2, 0.25) is 0 Å². The van der Waals surface area contributed by atoms with Gasteiger partial charge in [-0.2, -0.15) is 0 Å². The lowest BCUT2D eigenvalue weighted by Crippen LogP contribution is -2.32. The van der Waals surface area contributed by atoms with Gasteiger partial charge in [0, 0.05) is 25.6 Å². The van der Waals surface area contributed by atoms with Crippen molar-refractivity contribution in [2.45, 2.75) is 32.7 Å². The van der Waals surface area contributed by atoms with Crippen molar-refractivity contribution in [1.29, 1.82) is 0 Å². The minimum atomic E-state index is 0.00329.